The Morgan fingerprint density at radius 1 is 1.24 bits per heavy atom. The molecular weight excluding hydrogens is 420 g/mol. The Kier molecular flexibility index (Phi) is 5.88. The normalized spacial score (nSPS) is 23.9. The number of sulfonamides is 1. The number of nitrogens with one attached hydrogen (secondary N) is 2. The van der Waals surface area contributed by atoms with E-state index in [2.05, 4.69) is 10.7 Å². The van der Waals surface area contributed by atoms with Gasteiger partial charge in [-0.05, 0) is 50.5 Å². The van der Waals surface area contributed by atoms with Crippen molar-refractivity contribution in [2.24, 2.45) is 5.92 Å². The molecule has 1 aromatic carbocycles. The molecule has 2 aliphatic heterocycles. The fourth-order valence-electron chi connectivity index (χ4n) is 3.34. The van der Waals surface area contributed by atoms with E-state index in [1.807, 2.05) is 0 Å². The second kappa shape index (κ2) is 7.92. The average molecular weight is 443 g/mol. The molecule has 2 saturated heterocycles. The van der Waals surface area contributed by atoms with E-state index < -0.39 is 39.3 Å². The monoisotopic (exact) mass is 442 g/mol. The number of benzene rings is 1. The lowest BCUT2D eigenvalue weighted by Crippen LogP contribution is -2.51. The average Bonchev–Trinajstić information content (AvgIpc) is 2.92. The van der Waals surface area contributed by atoms with Crippen LogP contribution in [0.15, 0.2) is 29.2 Å². The standard InChI is InChI=1S/C18H23ClN4O5S/c1-3-18(2)16(25)23(17(26)20-18)21-15(24)12-8-10-22(11-9-12)29(27,28)14-6-4-13(19)5-7-14/h4-7,12H,3,8-11H2,1-2H3,(H,20,26)(H,21,24)/t18-/m0/s1. The third-order valence-corrected chi connectivity index (χ3v) is 7.63. The van der Waals surface area contributed by atoms with Crippen LogP contribution in [0.5, 0.6) is 0 Å². The first-order valence-electron chi connectivity index (χ1n) is 9.31. The van der Waals surface area contributed by atoms with Crippen molar-refractivity contribution < 1.29 is 22.8 Å². The van der Waals surface area contributed by atoms with Crippen molar-refractivity contribution in [3.63, 3.8) is 0 Å². The highest BCUT2D eigenvalue weighted by Crippen LogP contribution is 2.25. The second-order valence-corrected chi connectivity index (χ2v) is 9.74. The topological polar surface area (TPSA) is 116 Å². The lowest BCUT2D eigenvalue weighted by Gasteiger charge is -2.31. The minimum absolute atomic E-state index is 0.142. The van der Waals surface area contributed by atoms with Crippen molar-refractivity contribution in [1.82, 2.24) is 20.1 Å². The number of halogens is 1. The number of carbonyl (C=O) groups excluding carboxylic acids is 3. The van der Waals surface area contributed by atoms with Gasteiger partial charge in [-0.1, -0.05) is 18.5 Å². The van der Waals surface area contributed by atoms with E-state index in [9.17, 15) is 22.8 Å². The number of piperidine rings is 1. The number of imide groups is 1. The lowest BCUT2D eigenvalue weighted by atomic mass is 9.97. The van der Waals surface area contributed by atoms with Gasteiger partial charge >= 0.3 is 6.03 Å². The first-order valence-corrected chi connectivity index (χ1v) is 11.1. The Bertz CT molecular complexity index is 928. The number of urea groups is 1. The Morgan fingerprint density at radius 2 is 1.83 bits per heavy atom. The fraction of sp³-hybridized carbons (Fsp3) is 0.500. The molecule has 29 heavy (non-hydrogen) atoms. The molecule has 0 unspecified atom stereocenters. The number of hydrogen-bond acceptors (Lipinski definition) is 5. The Morgan fingerprint density at radius 3 is 2.34 bits per heavy atom. The van der Waals surface area contributed by atoms with E-state index in [0.29, 0.717) is 16.5 Å². The van der Waals surface area contributed by atoms with Gasteiger partial charge in [0.05, 0.1) is 4.90 Å². The van der Waals surface area contributed by atoms with Crippen LogP contribution in [0.3, 0.4) is 0 Å². The lowest BCUT2D eigenvalue weighted by molar-refractivity contribution is -0.140. The van der Waals surface area contributed by atoms with Gasteiger partial charge in [-0.3, -0.25) is 15.0 Å². The summed E-state index contributed by atoms with van der Waals surface area (Å²) in [6.45, 7) is 3.69. The predicted octanol–water partition coefficient (Wildman–Crippen LogP) is 1.49. The van der Waals surface area contributed by atoms with Gasteiger partial charge in [0.2, 0.25) is 15.9 Å². The second-order valence-electron chi connectivity index (χ2n) is 7.36. The molecular formula is C18H23ClN4O5S. The van der Waals surface area contributed by atoms with Crippen LogP contribution in [0.25, 0.3) is 0 Å². The van der Waals surface area contributed by atoms with E-state index in [0.717, 1.165) is 0 Å². The largest absolute Gasteiger partial charge is 0.344 e. The van der Waals surface area contributed by atoms with Gasteiger partial charge in [-0.25, -0.2) is 13.2 Å². The van der Waals surface area contributed by atoms with Gasteiger partial charge in [-0.15, -0.1) is 0 Å². The summed E-state index contributed by atoms with van der Waals surface area (Å²) in [7, 11) is -3.67. The zero-order chi connectivity index (χ0) is 21.4. The number of hydrogen-bond donors (Lipinski definition) is 2. The number of rotatable bonds is 5. The maximum atomic E-state index is 12.7. The maximum Gasteiger partial charge on any atom is 0.344 e. The summed E-state index contributed by atoms with van der Waals surface area (Å²) in [5.41, 5.74) is 1.34. The van der Waals surface area contributed by atoms with Gasteiger partial charge in [0.15, 0.2) is 0 Å². The Labute approximate surface area is 174 Å². The summed E-state index contributed by atoms with van der Waals surface area (Å²) < 4.78 is 26.8. The molecule has 2 N–H and O–H groups in total. The van der Waals surface area contributed by atoms with Gasteiger partial charge in [0.1, 0.15) is 5.54 Å². The van der Waals surface area contributed by atoms with Crippen LogP contribution in [0.4, 0.5) is 4.79 Å². The van der Waals surface area contributed by atoms with Gasteiger partial charge < -0.3 is 5.32 Å². The smallest absolute Gasteiger partial charge is 0.322 e. The van der Waals surface area contributed by atoms with E-state index in [-0.39, 0.29) is 30.8 Å². The summed E-state index contributed by atoms with van der Waals surface area (Å²) in [5.74, 6) is -1.49. The van der Waals surface area contributed by atoms with Crippen molar-refractivity contribution in [2.75, 3.05) is 13.1 Å². The molecule has 158 valence electrons. The third kappa shape index (κ3) is 4.10. The number of hydrazine groups is 1. The zero-order valence-corrected chi connectivity index (χ0v) is 17.7. The number of carbonyl (C=O) groups is 3. The number of amides is 4. The number of nitrogens with zero attached hydrogens (tertiary/aromatic N) is 2. The van der Waals surface area contributed by atoms with Gasteiger partial charge in [0.25, 0.3) is 5.91 Å². The van der Waals surface area contributed by atoms with Crippen LogP contribution >= 0.6 is 11.6 Å². The minimum Gasteiger partial charge on any atom is -0.322 e. The molecule has 0 aromatic heterocycles. The highest BCUT2D eigenvalue weighted by molar-refractivity contribution is 7.89. The molecule has 0 saturated carbocycles. The predicted molar refractivity (Wildman–Crippen MR) is 105 cm³/mol. The molecule has 0 radical (unpaired) electrons. The van der Waals surface area contributed by atoms with Crippen LogP contribution in [-0.4, -0.2) is 54.2 Å². The first-order chi connectivity index (χ1) is 13.6. The van der Waals surface area contributed by atoms with Gasteiger partial charge in [-0.2, -0.15) is 9.31 Å². The van der Waals surface area contributed by atoms with Crippen molar-refractivity contribution in [3.05, 3.63) is 29.3 Å². The molecule has 3 rings (SSSR count). The van der Waals surface area contributed by atoms with Crippen molar-refractivity contribution in [1.29, 1.82) is 0 Å². The Hall–Kier alpha value is -2.17. The highest BCUT2D eigenvalue weighted by atomic mass is 35.5. The van der Waals surface area contributed by atoms with Crippen LogP contribution in [-0.2, 0) is 19.6 Å². The SMILES string of the molecule is CC[C@]1(C)NC(=O)N(NC(=O)C2CCN(S(=O)(=O)c3ccc(Cl)cc3)CC2)C1=O. The molecule has 1 atom stereocenters. The highest BCUT2D eigenvalue weighted by Gasteiger charge is 2.48. The molecule has 11 heteroatoms. The van der Waals surface area contributed by atoms with Gasteiger partial charge in [0, 0.05) is 24.0 Å². The maximum absolute atomic E-state index is 12.7. The minimum atomic E-state index is -3.67. The molecule has 9 nitrogen and oxygen atoms in total. The van der Waals surface area contributed by atoms with E-state index >= 15 is 0 Å². The third-order valence-electron chi connectivity index (χ3n) is 5.47. The van der Waals surface area contributed by atoms with Crippen molar-refractivity contribution in [2.45, 2.75) is 43.5 Å². The van der Waals surface area contributed by atoms with Crippen LogP contribution in [0.2, 0.25) is 5.02 Å². The summed E-state index contributed by atoms with van der Waals surface area (Å²) in [6, 6.07) is 5.24. The summed E-state index contributed by atoms with van der Waals surface area (Å²) in [5, 5.41) is 3.72. The van der Waals surface area contributed by atoms with Crippen molar-refractivity contribution in [3.8, 4) is 0 Å². The van der Waals surface area contributed by atoms with E-state index in [4.69, 9.17) is 11.6 Å². The summed E-state index contributed by atoms with van der Waals surface area (Å²) in [6.07, 6.45) is 0.964. The summed E-state index contributed by atoms with van der Waals surface area (Å²) >= 11 is 5.81. The molecule has 2 fully saturated rings. The van der Waals surface area contributed by atoms with Crippen LogP contribution < -0.4 is 10.7 Å². The molecule has 0 aliphatic carbocycles. The first kappa shape index (κ1) is 21.5. The molecule has 0 bridgehead atoms. The van der Waals surface area contributed by atoms with Crippen molar-refractivity contribution >= 4 is 39.5 Å². The van der Waals surface area contributed by atoms with Crippen LogP contribution in [0, 0.1) is 5.92 Å². The zero-order valence-electron chi connectivity index (χ0n) is 16.1. The molecule has 0 spiro atoms. The quantitative estimate of drug-likeness (QED) is 0.670. The molecule has 4 amide bonds. The van der Waals surface area contributed by atoms with E-state index in [1.165, 1.54) is 28.6 Å². The molecule has 2 aliphatic rings. The molecule has 1 aromatic rings. The van der Waals surface area contributed by atoms with Crippen LogP contribution in [0.1, 0.15) is 33.1 Å². The Balaban J connectivity index is 1.61. The fourth-order valence-corrected chi connectivity index (χ4v) is 4.94. The van der Waals surface area contributed by atoms with E-state index in [1.54, 1.807) is 13.8 Å². The molecule has 2 heterocycles. The summed E-state index contributed by atoms with van der Waals surface area (Å²) in [4.78, 5) is 37.1.